The summed E-state index contributed by atoms with van der Waals surface area (Å²) in [6, 6.07) is 6.57. The van der Waals surface area contributed by atoms with Gasteiger partial charge in [-0.05, 0) is 32.4 Å². The van der Waals surface area contributed by atoms with Gasteiger partial charge in [-0.15, -0.1) is 6.42 Å². The van der Waals surface area contributed by atoms with Crippen LogP contribution in [0.25, 0.3) is 0 Å². The van der Waals surface area contributed by atoms with Crippen LogP contribution in [0, 0.1) is 30.6 Å². The van der Waals surface area contributed by atoms with Gasteiger partial charge in [-0.25, -0.2) is 8.42 Å². The third-order valence-electron chi connectivity index (χ3n) is 2.39. The van der Waals surface area contributed by atoms with Gasteiger partial charge in [0.2, 0.25) is 10.0 Å². The average molecular weight is 262 g/mol. The van der Waals surface area contributed by atoms with E-state index in [0.717, 1.165) is 0 Å². The molecule has 0 amide bonds. The molecule has 0 saturated heterocycles. The quantitative estimate of drug-likeness (QED) is 0.840. The van der Waals surface area contributed by atoms with Crippen molar-refractivity contribution < 1.29 is 8.42 Å². The van der Waals surface area contributed by atoms with Gasteiger partial charge in [-0.3, -0.25) is 0 Å². The predicted octanol–water partition coefficient (Wildman–Crippen LogP) is 1.56. The molecule has 0 aromatic heterocycles. The van der Waals surface area contributed by atoms with Crippen molar-refractivity contribution in [1.29, 1.82) is 5.26 Å². The van der Waals surface area contributed by atoms with Crippen LogP contribution in [0.15, 0.2) is 23.1 Å². The lowest BCUT2D eigenvalue weighted by molar-refractivity contribution is 0.539. The summed E-state index contributed by atoms with van der Waals surface area (Å²) in [5.74, 6) is 2.35. The standard InChI is InChI=1S/C13H14N2O2S/c1-5-13(3,4)15-18(16,17)12-8-6-7-10(2)11(12)9-14/h1,6-8,15H,2-4H3. The van der Waals surface area contributed by atoms with E-state index < -0.39 is 15.6 Å². The molecule has 1 rings (SSSR count). The number of rotatable bonds is 3. The number of terminal acetylenes is 1. The second kappa shape index (κ2) is 4.81. The van der Waals surface area contributed by atoms with Gasteiger partial charge in [0.05, 0.1) is 11.1 Å². The average Bonchev–Trinajstić information content (AvgIpc) is 2.27. The molecule has 0 saturated carbocycles. The van der Waals surface area contributed by atoms with E-state index >= 15 is 0 Å². The number of nitriles is 1. The highest BCUT2D eigenvalue weighted by Gasteiger charge is 2.26. The Bertz CT molecular complexity index is 647. The van der Waals surface area contributed by atoms with E-state index in [0.29, 0.717) is 5.56 Å². The third kappa shape index (κ3) is 2.89. The molecule has 4 nitrogen and oxygen atoms in total. The molecule has 0 aliphatic rings. The number of hydrogen-bond acceptors (Lipinski definition) is 3. The van der Waals surface area contributed by atoms with Crippen LogP contribution in [0.1, 0.15) is 25.0 Å². The number of aryl methyl sites for hydroxylation is 1. The Labute approximate surface area is 108 Å². The van der Waals surface area contributed by atoms with Gasteiger partial charge in [0.15, 0.2) is 0 Å². The maximum absolute atomic E-state index is 12.2. The van der Waals surface area contributed by atoms with Gasteiger partial charge in [0.25, 0.3) is 0 Å². The van der Waals surface area contributed by atoms with Gasteiger partial charge in [-0.1, -0.05) is 18.1 Å². The summed E-state index contributed by atoms with van der Waals surface area (Å²) in [6.45, 7) is 4.84. The molecule has 1 aromatic carbocycles. The lowest BCUT2D eigenvalue weighted by Crippen LogP contribution is -2.42. The van der Waals surface area contributed by atoms with Crippen LogP contribution in [-0.4, -0.2) is 14.0 Å². The van der Waals surface area contributed by atoms with Crippen molar-refractivity contribution in [1.82, 2.24) is 4.72 Å². The highest BCUT2D eigenvalue weighted by atomic mass is 32.2. The molecule has 0 heterocycles. The Morgan fingerprint density at radius 1 is 1.39 bits per heavy atom. The summed E-state index contributed by atoms with van der Waals surface area (Å²) in [5.41, 5.74) is -0.258. The fraction of sp³-hybridized carbons (Fsp3) is 0.308. The summed E-state index contributed by atoms with van der Waals surface area (Å²) >= 11 is 0. The first-order chi connectivity index (χ1) is 8.23. The second-order valence-electron chi connectivity index (χ2n) is 4.43. The van der Waals surface area contributed by atoms with Gasteiger partial charge >= 0.3 is 0 Å². The normalized spacial score (nSPS) is 11.6. The van der Waals surface area contributed by atoms with Crippen molar-refractivity contribution in [2.75, 3.05) is 0 Å². The fourth-order valence-electron chi connectivity index (χ4n) is 1.43. The van der Waals surface area contributed by atoms with Gasteiger partial charge in [-0.2, -0.15) is 9.98 Å². The zero-order valence-corrected chi connectivity index (χ0v) is 11.3. The number of hydrogen-bond donors (Lipinski definition) is 1. The van der Waals surface area contributed by atoms with Crippen LogP contribution in [0.3, 0.4) is 0 Å². The first-order valence-electron chi connectivity index (χ1n) is 5.25. The zero-order valence-electron chi connectivity index (χ0n) is 10.5. The van der Waals surface area contributed by atoms with E-state index in [9.17, 15) is 8.42 Å². The number of benzene rings is 1. The lowest BCUT2D eigenvalue weighted by Gasteiger charge is -2.20. The van der Waals surface area contributed by atoms with Crippen molar-refractivity contribution in [2.45, 2.75) is 31.2 Å². The van der Waals surface area contributed by atoms with E-state index in [1.807, 2.05) is 6.07 Å². The molecule has 94 valence electrons. The molecule has 0 spiro atoms. The zero-order chi connectivity index (χ0) is 14.0. The molecular weight excluding hydrogens is 248 g/mol. The molecule has 1 N–H and O–H groups in total. The van der Waals surface area contributed by atoms with Gasteiger partial charge < -0.3 is 0 Å². The van der Waals surface area contributed by atoms with Crippen molar-refractivity contribution in [3.05, 3.63) is 29.3 Å². The Balaban J connectivity index is 3.37. The van der Waals surface area contributed by atoms with Crippen molar-refractivity contribution in [3.63, 3.8) is 0 Å². The van der Waals surface area contributed by atoms with Crippen LogP contribution in [0.4, 0.5) is 0 Å². The molecule has 1 aromatic rings. The maximum atomic E-state index is 12.2. The Hall–Kier alpha value is -1.82. The van der Waals surface area contributed by atoms with Gasteiger partial charge in [0, 0.05) is 0 Å². The van der Waals surface area contributed by atoms with Crippen LogP contribution in [-0.2, 0) is 10.0 Å². The molecule has 5 heteroatoms. The molecule has 0 radical (unpaired) electrons. The Kier molecular flexibility index (Phi) is 3.81. The Morgan fingerprint density at radius 2 is 2.00 bits per heavy atom. The number of nitrogens with one attached hydrogen (secondary N) is 1. The first kappa shape index (κ1) is 14.2. The molecule has 0 unspecified atom stereocenters. The molecule has 0 fully saturated rings. The SMILES string of the molecule is C#CC(C)(C)NS(=O)(=O)c1cccc(C)c1C#N. The smallest absolute Gasteiger partial charge is 0.207 e. The van der Waals surface area contributed by atoms with E-state index in [4.69, 9.17) is 11.7 Å². The van der Waals surface area contributed by atoms with Crippen LogP contribution in [0.2, 0.25) is 0 Å². The Morgan fingerprint density at radius 3 is 2.50 bits per heavy atom. The first-order valence-corrected chi connectivity index (χ1v) is 6.73. The highest BCUT2D eigenvalue weighted by molar-refractivity contribution is 7.89. The van der Waals surface area contributed by atoms with Crippen molar-refractivity contribution >= 4 is 10.0 Å². The van der Waals surface area contributed by atoms with Crippen LogP contribution < -0.4 is 4.72 Å². The van der Waals surface area contributed by atoms with E-state index in [2.05, 4.69) is 10.6 Å². The predicted molar refractivity (Wildman–Crippen MR) is 69.1 cm³/mol. The molecular formula is C13H14N2O2S. The molecule has 0 aliphatic heterocycles. The van der Waals surface area contributed by atoms with Crippen molar-refractivity contribution in [2.24, 2.45) is 0 Å². The van der Waals surface area contributed by atoms with Crippen LogP contribution >= 0.6 is 0 Å². The minimum absolute atomic E-state index is 0.0478. The fourth-order valence-corrected chi connectivity index (χ4v) is 3.00. The molecule has 0 bridgehead atoms. The van der Waals surface area contributed by atoms with E-state index in [1.165, 1.54) is 6.07 Å². The maximum Gasteiger partial charge on any atom is 0.243 e. The summed E-state index contributed by atoms with van der Waals surface area (Å²) in [7, 11) is -3.81. The molecule has 0 aliphatic carbocycles. The third-order valence-corrected chi connectivity index (χ3v) is 4.08. The monoisotopic (exact) mass is 262 g/mol. The molecule has 0 atom stereocenters. The largest absolute Gasteiger partial charge is 0.243 e. The summed E-state index contributed by atoms with van der Waals surface area (Å²) in [4.78, 5) is -0.0478. The van der Waals surface area contributed by atoms with E-state index in [-0.39, 0.29) is 10.5 Å². The summed E-state index contributed by atoms with van der Waals surface area (Å²) in [5, 5.41) is 9.04. The minimum Gasteiger partial charge on any atom is -0.207 e. The summed E-state index contributed by atoms with van der Waals surface area (Å²) < 4.78 is 26.7. The van der Waals surface area contributed by atoms with Gasteiger partial charge in [0.1, 0.15) is 11.0 Å². The van der Waals surface area contributed by atoms with Crippen LogP contribution in [0.5, 0.6) is 0 Å². The summed E-state index contributed by atoms with van der Waals surface area (Å²) in [6.07, 6.45) is 5.25. The highest BCUT2D eigenvalue weighted by Crippen LogP contribution is 2.19. The minimum atomic E-state index is -3.81. The number of nitrogens with zero attached hydrogens (tertiary/aromatic N) is 1. The second-order valence-corrected chi connectivity index (χ2v) is 6.09. The topological polar surface area (TPSA) is 70.0 Å². The lowest BCUT2D eigenvalue weighted by atomic mass is 10.1. The van der Waals surface area contributed by atoms with Crippen molar-refractivity contribution in [3.8, 4) is 18.4 Å². The molecule has 18 heavy (non-hydrogen) atoms. The number of sulfonamides is 1. The van der Waals surface area contributed by atoms with E-state index in [1.54, 1.807) is 32.9 Å².